The molecule has 1 aromatic heterocycles. The third-order valence-corrected chi connectivity index (χ3v) is 6.36. The third kappa shape index (κ3) is 4.94. The quantitative estimate of drug-likeness (QED) is 0.408. The van der Waals surface area contributed by atoms with Crippen LogP contribution in [0.5, 0.6) is 5.75 Å². The van der Waals surface area contributed by atoms with Gasteiger partial charge in [-0.25, -0.2) is 9.97 Å². The van der Waals surface area contributed by atoms with Crippen LogP contribution in [0.1, 0.15) is 21.5 Å². The Morgan fingerprint density at radius 1 is 1.03 bits per heavy atom. The number of anilines is 4. The molecule has 0 saturated carbocycles. The zero-order valence-electron chi connectivity index (χ0n) is 21.0. The van der Waals surface area contributed by atoms with Crippen molar-refractivity contribution in [1.82, 2.24) is 19.8 Å². The molecule has 0 bridgehead atoms. The predicted molar refractivity (Wildman–Crippen MR) is 144 cm³/mol. The second kappa shape index (κ2) is 9.83. The molecule has 0 aliphatic carbocycles. The average molecular weight is 483 g/mol. The predicted octanol–water partition coefficient (Wildman–Crippen LogP) is 4.82. The van der Waals surface area contributed by atoms with Gasteiger partial charge in [0.1, 0.15) is 5.75 Å². The highest BCUT2D eigenvalue weighted by Crippen LogP contribution is 2.33. The van der Waals surface area contributed by atoms with E-state index in [1.807, 2.05) is 48.7 Å². The van der Waals surface area contributed by atoms with Crippen LogP contribution in [0.25, 0.3) is 10.9 Å². The first-order valence-electron chi connectivity index (χ1n) is 11.9. The molecule has 1 aliphatic rings. The maximum Gasteiger partial charge on any atom is 0.253 e. The number of fused-ring (bicyclic) bond motifs is 2. The molecule has 2 N–H and O–H groups in total. The van der Waals surface area contributed by atoms with Crippen LogP contribution in [0.3, 0.4) is 0 Å². The summed E-state index contributed by atoms with van der Waals surface area (Å²) in [7, 11) is 7.31. The minimum Gasteiger partial charge on any atom is -0.495 e. The molecule has 0 radical (unpaired) electrons. The molecule has 1 aliphatic heterocycles. The number of aromatic nitrogens is 2. The number of amides is 1. The molecular formula is C28H30N6O2. The van der Waals surface area contributed by atoms with Crippen LogP contribution in [0.15, 0.2) is 60.8 Å². The van der Waals surface area contributed by atoms with Gasteiger partial charge in [-0.3, -0.25) is 4.79 Å². The van der Waals surface area contributed by atoms with Crippen molar-refractivity contribution in [3.05, 3.63) is 77.5 Å². The summed E-state index contributed by atoms with van der Waals surface area (Å²) in [5, 5.41) is 7.66. The Balaban J connectivity index is 1.40. The normalized spacial score (nSPS) is 13.2. The smallest absolute Gasteiger partial charge is 0.253 e. The molecule has 184 valence electrons. The lowest BCUT2D eigenvalue weighted by molar-refractivity contribution is 0.0827. The summed E-state index contributed by atoms with van der Waals surface area (Å²) in [5.41, 5.74) is 6.59. The Hall–Kier alpha value is -4.17. The summed E-state index contributed by atoms with van der Waals surface area (Å²) < 4.78 is 5.66. The average Bonchev–Trinajstić information content (AvgIpc) is 2.87. The summed E-state index contributed by atoms with van der Waals surface area (Å²) in [4.78, 5) is 25.5. The van der Waals surface area contributed by atoms with E-state index in [1.165, 1.54) is 11.1 Å². The number of carbonyl (C=O) groups excluding carboxylic acids is 1. The maximum atomic E-state index is 12.3. The van der Waals surface area contributed by atoms with Crippen LogP contribution in [0.2, 0.25) is 0 Å². The van der Waals surface area contributed by atoms with Gasteiger partial charge in [-0.15, -0.1) is 0 Å². The van der Waals surface area contributed by atoms with Crippen molar-refractivity contribution >= 4 is 39.8 Å². The Bertz CT molecular complexity index is 1440. The highest BCUT2D eigenvalue weighted by atomic mass is 16.5. The standard InChI is InChI=1S/C28H30N6O2/c1-33(2)27(35)19-6-5-7-22(12-19)30-23-9-8-20-16-29-28(31-24(20)15-23)32-25-13-21-17-34(3)11-10-18(21)14-26(25)36-4/h5-9,12-16,30H,10-11,17H2,1-4H3,(H,29,31,32). The molecule has 8 nitrogen and oxygen atoms in total. The lowest BCUT2D eigenvalue weighted by Crippen LogP contribution is -2.26. The number of nitrogens with one attached hydrogen (secondary N) is 2. The van der Waals surface area contributed by atoms with E-state index in [-0.39, 0.29) is 5.91 Å². The van der Waals surface area contributed by atoms with Gasteiger partial charge in [-0.2, -0.15) is 0 Å². The summed E-state index contributed by atoms with van der Waals surface area (Å²) in [6, 6.07) is 17.6. The van der Waals surface area contributed by atoms with Gasteiger partial charge in [0.2, 0.25) is 5.95 Å². The second-order valence-corrected chi connectivity index (χ2v) is 9.31. The Morgan fingerprint density at radius 3 is 2.67 bits per heavy atom. The van der Waals surface area contributed by atoms with Crippen molar-refractivity contribution in [2.24, 2.45) is 0 Å². The molecule has 4 aromatic rings. The Labute approximate surface area is 210 Å². The minimum atomic E-state index is -0.0372. The van der Waals surface area contributed by atoms with Crippen LogP contribution in [-0.2, 0) is 13.0 Å². The number of ether oxygens (including phenoxy) is 1. The van der Waals surface area contributed by atoms with Crippen molar-refractivity contribution in [2.45, 2.75) is 13.0 Å². The summed E-state index contributed by atoms with van der Waals surface area (Å²) >= 11 is 0. The summed E-state index contributed by atoms with van der Waals surface area (Å²) in [6.07, 6.45) is 2.82. The van der Waals surface area contributed by atoms with Gasteiger partial charge in [0, 0.05) is 55.7 Å². The molecule has 0 spiro atoms. The van der Waals surface area contributed by atoms with Crippen molar-refractivity contribution in [3.8, 4) is 5.75 Å². The Morgan fingerprint density at radius 2 is 1.86 bits per heavy atom. The monoisotopic (exact) mass is 482 g/mol. The van der Waals surface area contributed by atoms with E-state index in [2.05, 4.69) is 39.7 Å². The molecule has 8 heteroatoms. The molecule has 0 unspecified atom stereocenters. The maximum absolute atomic E-state index is 12.3. The van der Waals surface area contributed by atoms with E-state index >= 15 is 0 Å². The van der Waals surface area contributed by atoms with E-state index in [9.17, 15) is 4.79 Å². The van der Waals surface area contributed by atoms with Gasteiger partial charge in [0.05, 0.1) is 18.3 Å². The second-order valence-electron chi connectivity index (χ2n) is 9.31. The van der Waals surface area contributed by atoms with Crippen LogP contribution in [-0.4, -0.2) is 60.5 Å². The molecule has 5 rings (SSSR count). The fraction of sp³-hybridized carbons (Fsp3) is 0.250. The lowest BCUT2D eigenvalue weighted by atomic mass is 9.99. The number of hydrogen-bond acceptors (Lipinski definition) is 7. The SMILES string of the molecule is COc1cc2c(cc1Nc1ncc3ccc(Nc4cccc(C(=O)N(C)C)c4)cc3n1)CN(C)CC2. The number of nitrogens with zero attached hydrogens (tertiary/aromatic N) is 4. The van der Waals surface area contributed by atoms with E-state index < -0.39 is 0 Å². The first kappa shape index (κ1) is 23.6. The fourth-order valence-electron chi connectivity index (χ4n) is 4.43. The van der Waals surface area contributed by atoms with Gasteiger partial charge in [-0.05, 0) is 73.1 Å². The van der Waals surface area contributed by atoms with Gasteiger partial charge in [-0.1, -0.05) is 6.07 Å². The van der Waals surface area contributed by atoms with E-state index in [0.29, 0.717) is 11.5 Å². The zero-order valence-corrected chi connectivity index (χ0v) is 21.0. The fourth-order valence-corrected chi connectivity index (χ4v) is 4.43. The zero-order chi connectivity index (χ0) is 25.2. The topological polar surface area (TPSA) is 82.6 Å². The largest absolute Gasteiger partial charge is 0.495 e. The molecular weight excluding hydrogens is 452 g/mol. The van der Waals surface area contributed by atoms with Crippen molar-refractivity contribution < 1.29 is 9.53 Å². The van der Waals surface area contributed by atoms with Crippen LogP contribution >= 0.6 is 0 Å². The van der Waals surface area contributed by atoms with E-state index in [4.69, 9.17) is 9.72 Å². The van der Waals surface area contributed by atoms with Crippen molar-refractivity contribution in [3.63, 3.8) is 0 Å². The third-order valence-electron chi connectivity index (χ3n) is 6.36. The van der Waals surface area contributed by atoms with Gasteiger partial charge in [0.25, 0.3) is 5.91 Å². The van der Waals surface area contributed by atoms with Gasteiger partial charge < -0.3 is 25.2 Å². The van der Waals surface area contributed by atoms with E-state index in [0.717, 1.165) is 53.2 Å². The lowest BCUT2D eigenvalue weighted by Gasteiger charge is -2.26. The highest BCUT2D eigenvalue weighted by molar-refractivity contribution is 5.95. The number of methoxy groups -OCH3 is 1. The van der Waals surface area contributed by atoms with Gasteiger partial charge >= 0.3 is 0 Å². The van der Waals surface area contributed by atoms with Crippen LogP contribution in [0, 0.1) is 0 Å². The number of carbonyl (C=O) groups is 1. The summed E-state index contributed by atoms with van der Waals surface area (Å²) in [5.74, 6) is 1.25. The van der Waals surface area contributed by atoms with Crippen LogP contribution < -0.4 is 15.4 Å². The molecule has 1 amide bonds. The number of rotatable bonds is 6. The molecule has 0 fully saturated rings. The first-order chi connectivity index (χ1) is 17.4. The molecule has 36 heavy (non-hydrogen) atoms. The number of likely N-dealkylation sites (N-methyl/N-ethyl adjacent to an activating group) is 1. The molecule has 0 atom stereocenters. The van der Waals surface area contributed by atoms with E-state index in [1.54, 1.807) is 26.1 Å². The first-order valence-corrected chi connectivity index (χ1v) is 11.9. The molecule has 2 heterocycles. The van der Waals surface area contributed by atoms with Crippen LogP contribution in [0.4, 0.5) is 23.0 Å². The number of hydrogen-bond donors (Lipinski definition) is 2. The minimum absolute atomic E-state index is 0.0372. The van der Waals surface area contributed by atoms with Crippen molar-refractivity contribution in [2.75, 3.05) is 45.4 Å². The van der Waals surface area contributed by atoms with Crippen molar-refractivity contribution in [1.29, 1.82) is 0 Å². The molecule has 3 aromatic carbocycles. The Kier molecular flexibility index (Phi) is 6.43. The molecule has 0 saturated heterocycles. The highest BCUT2D eigenvalue weighted by Gasteiger charge is 2.17. The summed E-state index contributed by atoms with van der Waals surface area (Å²) in [6.45, 7) is 1.95. The van der Waals surface area contributed by atoms with Gasteiger partial charge in [0.15, 0.2) is 0 Å². The number of benzene rings is 3.